The van der Waals surface area contributed by atoms with Crippen molar-refractivity contribution in [3.05, 3.63) is 90.3 Å². The van der Waals surface area contributed by atoms with Crippen molar-refractivity contribution < 1.29 is 14.6 Å². The Labute approximate surface area is 193 Å². The van der Waals surface area contributed by atoms with E-state index < -0.39 is 6.10 Å². The molecule has 2 heterocycles. The average molecular weight is 442 g/mol. The summed E-state index contributed by atoms with van der Waals surface area (Å²) in [6, 6.07) is 25.4. The summed E-state index contributed by atoms with van der Waals surface area (Å²) in [5.41, 5.74) is 3.89. The van der Waals surface area contributed by atoms with Crippen LogP contribution in [0.2, 0.25) is 0 Å². The van der Waals surface area contributed by atoms with E-state index in [1.807, 2.05) is 95.3 Å². The van der Waals surface area contributed by atoms with Gasteiger partial charge in [0.05, 0.1) is 17.6 Å². The monoisotopic (exact) mass is 441 g/mol. The van der Waals surface area contributed by atoms with Crippen LogP contribution in [0.4, 0.5) is 5.69 Å². The molecule has 1 amide bonds. The number of rotatable bonds is 7. The molecule has 0 aliphatic carbocycles. The fourth-order valence-corrected chi connectivity index (χ4v) is 4.43. The highest BCUT2D eigenvalue weighted by atomic mass is 16.5. The summed E-state index contributed by atoms with van der Waals surface area (Å²) in [6.45, 7) is 3.13. The predicted molar refractivity (Wildman–Crippen MR) is 129 cm³/mol. The molecule has 1 aliphatic rings. The molecule has 1 N–H and O–H groups in total. The summed E-state index contributed by atoms with van der Waals surface area (Å²) in [6.07, 6.45) is -0.319. The third-order valence-electron chi connectivity index (χ3n) is 6.10. The molecule has 6 heteroatoms. The van der Waals surface area contributed by atoms with Crippen molar-refractivity contribution >= 4 is 22.6 Å². The minimum Gasteiger partial charge on any atom is -0.491 e. The molecule has 33 heavy (non-hydrogen) atoms. The fourth-order valence-electron chi connectivity index (χ4n) is 4.43. The number of fused-ring (bicyclic) bond motifs is 1. The second-order valence-corrected chi connectivity index (χ2v) is 8.59. The molecular weight excluding hydrogens is 414 g/mol. The number of aliphatic hydroxyl groups is 1. The smallest absolute Gasteiger partial charge is 0.227 e. The lowest BCUT2D eigenvalue weighted by Gasteiger charge is -2.19. The molecule has 5 rings (SSSR count). The SMILES string of the molecule is Cc1ccc(N2C[C@@H](c3nc4ccccc4n3C[C@H](O)COc3ccccc3)CC2=O)cc1. The van der Waals surface area contributed by atoms with Gasteiger partial charge in [0.1, 0.15) is 24.3 Å². The minimum absolute atomic E-state index is 0.0477. The zero-order valence-electron chi connectivity index (χ0n) is 18.6. The highest BCUT2D eigenvalue weighted by Gasteiger charge is 2.35. The molecule has 4 aromatic rings. The summed E-state index contributed by atoms with van der Waals surface area (Å²) in [4.78, 5) is 19.6. The van der Waals surface area contributed by atoms with E-state index in [1.165, 1.54) is 0 Å². The van der Waals surface area contributed by atoms with Crippen LogP contribution in [0.15, 0.2) is 78.9 Å². The first-order valence-corrected chi connectivity index (χ1v) is 11.3. The normalized spacial score (nSPS) is 17.0. The highest BCUT2D eigenvalue weighted by molar-refractivity contribution is 5.96. The van der Waals surface area contributed by atoms with Crippen molar-refractivity contribution in [2.24, 2.45) is 0 Å². The number of nitrogens with zero attached hydrogens (tertiary/aromatic N) is 3. The number of hydrogen-bond donors (Lipinski definition) is 1. The first kappa shape index (κ1) is 21.2. The molecule has 0 spiro atoms. The van der Waals surface area contributed by atoms with Gasteiger partial charge in [0.2, 0.25) is 5.91 Å². The third kappa shape index (κ3) is 4.47. The van der Waals surface area contributed by atoms with E-state index in [0.717, 1.165) is 33.9 Å². The number of aliphatic hydroxyl groups excluding tert-OH is 1. The number of imidazole rings is 1. The first-order valence-electron chi connectivity index (χ1n) is 11.3. The topological polar surface area (TPSA) is 67.6 Å². The van der Waals surface area contributed by atoms with E-state index in [9.17, 15) is 9.90 Å². The molecule has 0 radical (unpaired) electrons. The molecule has 0 unspecified atom stereocenters. The van der Waals surface area contributed by atoms with Crippen molar-refractivity contribution in [3.63, 3.8) is 0 Å². The number of aromatic nitrogens is 2. The van der Waals surface area contributed by atoms with Crippen LogP contribution in [0.1, 0.15) is 23.7 Å². The third-order valence-corrected chi connectivity index (χ3v) is 6.10. The lowest BCUT2D eigenvalue weighted by molar-refractivity contribution is -0.117. The number of carbonyl (C=O) groups excluding carboxylic acids is 1. The summed E-state index contributed by atoms with van der Waals surface area (Å²) in [7, 11) is 0. The van der Waals surface area contributed by atoms with Crippen LogP contribution >= 0.6 is 0 Å². The van der Waals surface area contributed by atoms with Gasteiger partial charge in [-0.3, -0.25) is 4.79 Å². The zero-order valence-corrected chi connectivity index (χ0v) is 18.6. The maximum Gasteiger partial charge on any atom is 0.227 e. The molecule has 0 saturated carbocycles. The highest BCUT2D eigenvalue weighted by Crippen LogP contribution is 2.33. The Kier molecular flexibility index (Phi) is 5.84. The lowest BCUT2D eigenvalue weighted by atomic mass is 10.1. The van der Waals surface area contributed by atoms with Crippen LogP contribution in [0.5, 0.6) is 5.75 Å². The van der Waals surface area contributed by atoms with Gasteiger partial charge in [0, 0.05) is 24.6 Å². The van der Waals surface area contributed by atoms with Gasteiger partial charge in [-0.2, -0.15) is 0 Å². The predicted octanol–water partition coefficient (Wildman–Crippen LogP) is 4.31. The minimum atomic E-state index is -0.716. The number of aryl methyl sites for hydroxylation is 1. The molecule has 0 bridgehead atoms. The van der Waals surface area contributed by atoms with Gasteiger partial charge in [0.15, 0.2) is 0 Å². The van der Waals surface area contributed by atoms with Crippen LogP contribution in [-0.2, 0) is 11.3 Å². The quantitative estimate of drug-likeness (QED) is 0.464. The van der Waals surface area contributed by atoms with Crippen LogP contribution in [-0.4, -0.2) is 39.8 Å². The van der Waals surface area contributed by atoms with Crippen LogP contribution < -0.4 is 9.64 Å². The van der Waals surface area contributed by atoms with Crippen molar-refractivity contribution in [1.82, 2.24) is 9.55 Å². The molecule has 6 nitrogen and oxygen atoms in total. The summed E-state index contributed by atoms with van der Waals surface area (Å²) >= 11 is 0. The Morgan fingerprint density at radius 3 is 2.55 bits per heavy atom. The van der Waals surface area contributed by atoms with Crippen molar-refractivity contribution in [1.29, 1.82) is 0 Å². The largest absolute Gasteiger partial charge is 0.491 e. The number of hydrogen-bond acceptors (Lipinski definition) is 4. The van der Waals surface area contributed by atoms with Gasteiger partial charge < -0.3 is 19.3 Å². The first-order chi connectivity index (χ1) is 16.1. The van der Waals surface area contributed by atoms with E-state index in [4.69, 9.17) is 9.72 Å². The number of benzene rings is 3. The van der Waals surface area contributed by atoms with Crippen LogP contribution in [0, 0.1) is 6.92 Å². The van der Waals surface area contributed by atoms with Crippen LogP contribution in [0.3, 0.4) is 0 Å². The lowest BCUT2D eigenvalue weighted by Crippen LogP contribution is -2.26. The molecule has 3 aromatic carbocycles. The van der Waals surface area contributed by atoms with Gasteiger partial charge in [0.25, 0.3) is 0 Å². The average Bonchev–Trinajstić information content (AvgIpc) is 3.39. The second kappa shape index (κ2) is 9.08. The Balaban J connectivity index is 1.38. The zero-order chi connectivity index (χ0) is 22.8. The van der Waals surface area contributed by atoms with Crippen molar-refractivity contribution in [2.75, 3.05) is 18.1 Å². The maximum atomic E-state index is 12.9. The maximum absolute atomic E-state index is 12.9. The standard InChI is InChI=1S/C27H27N3O3/c1-19-11-13-21(14-12-19)29-16-20(15-26(29)32)27-28-24-9-5-6-10-25(24)30(27)17-22(31)18-33-23-7-3-2-4-8-23/h2-14,20,22,31H,15-18H2,1H3/t20-,22-/m0/s1. The molecule has 1 aromatic heterocycles. The van der Waals surface area contributed by atoms with Gasteiger partial charge in [-0.1, -0.05) is 48.0 Å². The number of ether oxygens (including phenoxy) is 1. The molecule has 1 aliphatic heterocycles. The number of amides is 1. The summed E-state index contributed by atoms with van der Waals surface area (Å²) in [5.74, 6) is 1.60. The molecule has 1 saturated heterocycles. The number of carbonyl (C=O) groups is 1. The fraction of sp³-hybridized carbons (Fsp3) is 0.259. The van der Waals surface area contributed by atoms with E-state index in [0.29, 0.717) is 19.5 Å². The van der Waals surface area contributed by atoms with E-state index in [2.05, 4.69) is 0 Å². The molecule has 2 atom stereocenters. The van der Waals surface area contributed by atoms with Gasteiger partial charge >= 0.3 is 0 Å². The summed E-state index contributed by atoms with van der Waals surface area (Å²) < 4.78 is 7.80. The van der Waals surface area contributed by atoms with Gasteiger partial charge in [-0.25, -0.2) is 4.98 Å². The number of anilines is 1. The molecular formula is C27H27N3O3. The van der Waals surface area contributed by atoms with Gasteiger partial charge in [-0.15, -0.1) is 0 Å². The van der Waals surface area contributed by atoms with Gasteiger partial charge in [-0.05, 0) is 43.3 Å². The Hall–Kier alpha value is -3.64. The molecule has 168 valence electrons. The Morgan fingerprint density at radius 2 is 1.76 bits per heavy atom. The number of para-hydroxylation sites is 3. The Bertz CT molecular complexity index is 1250. The second-order valence-electron chi connectivity index (χ2n) is 8.59. The van der Waals surface area contributed by atoms with Crippen LogP contribution in [0.25, 0.3) is 11.0 Å². The van der Waals surface area contributed by atoms with E-state index in [-0.39, 0.29) is 18.4 Å². The van der Waals surface area contributed by atoms with Crippen molar-refractivity contribution in [3.8, 4) is 5.75 Å². The van der Waals surface area contributed by atoms with E-state index >= 15 is 0 Å². The Morgan fingerprint density at radius 1 is 1.03 bits per heavy atom. The van der Waals surface area contributed by atoms with Crippen molar-refractivity contribution in [2.45, 2.75) is 31.9 Å². The van der Waals surface area contributed by atoms with E-state index in [1.54, 1.807) is 0 Å². The molecule has 1 fully saturated rings. The summed E-state index contributed by atoms with van der Waals surface area (Å²) in [5, 5.41) is 10.8.